The van der Waals surface area contributed by atoms with E-state index in [1.807, 2.05) is 91.9 Å². The molecule has 4 aromatic rings. The molecule has 0 spiro atoms. The molecular weight excluding hydrogens is 504 g/mol. The molecule has 0 heterocycles. The van der Waals surface area contributed by atoms with E-state index in [2.05, 4.69) is 22.7 Å². The van der Waals surface area contributed by atoms with E-state index in [0.29, 0.717) is 35.3 Å². The lowest BCUT2D eigenvalue weighted by molar-refractivity contribution is 0.0955. The third kappa shape index (κ3) is 8.13. The Bertz CT molecular complexity index is 1340. The molecule has 188 valence electrons. The third-order valence-electron chi connectivity index (χ3n) is 5.30. The maximum atomic E-state index is 12.5. The van der Waals surface area contributed by atoms with Crippen molar-refractivity contribution in [3.63, 3.8) is 0 Å². The average Bonchev–Trinajstić information content (AvgIpc) is 2.92. The summed E-state index contributed by atoms with van der Waals surface area (Å²) in [6, 6.07) is 30.8. The normalized spacial score (nSPS) is 10.9. The minimum atomic E-state index is -0.273. The topological polar surface area (TPSA) is 59.9 Å². The largest absolute Gasteiger partial charge is 0.490 e. The van der Waals surface area contributed by atoms with Gasteiger partial charge in [-0.05, 0) is 78.2 Å². The number of carbonyl (C=O) groups excluding carboxylic acids is 1. The molecular formula is C30H27ClN2O3S. The van der Waals surface area contributed by atoms with E-state index in [4.69, 9.17) is 21.1 Å². The summed E-state index contributed by atoms with van der Waals surface area (Å²) in [4.78, 5) is 13.7. The number of rotatable bonds is 11. The number of nitrogens with zero attached hydrogens (tertiary/aromatic N) is 1. The third-order valence-corrected chi connectivity index (χ3v) is 6.61. The summed E-state index contributed by atoms with van der Waals surface area (Å²) < 4.78 is 11.7. The highest BCUT2D eigenvalue weighted by Crippen LogP contribution is 2.29. The van der Waals surface area contributed by atoms with Crippen LogP contribution in [0.15, 0.2) is 107 Å². The number of amides is 1. The Labute approximate surface area is 226 Å². The smallest absolute Gasteiger partial charge is 0.271 e. The Kier molecular flexibility index (Phi) is 9.63. The first-order valence-corrected chi connectivity index (χ1v) is 13.2. The first-order valence-electron chi connectivity index (χ1n) is 11.8. The average molecular weight is 531 g/mol. The van der Waals surface area contributed by atoms with E-state index in [9.17, 15) is 4.79 Å². The predicted octanol–water partition coefficient (Wildman–Crippen LogP) is 7.37. The number of carbonyl (C=O) groups is 1. The molecule has 1 N–H and O–H groups in total. The highest BCUT2D eigenvalue weighted by Gasteiger charge is 2.08. The second-order valence-corrected chi connectivity index (χ2v) is 9.54. The molecule has 0 aromatic heterocycles. The van der Waals surface area contributed by atoms with Gasteiger partial charge in [-0.1, -0.05) is 54.1 Å². The van der Waals surface area contributed by atoms with Crippen LogP contribution >= 0.6 is 23.4 Å². The number of ether oxygens (including phenoxy) is 2. The van der Waals surface area contributed by atoms with Crippen molar-refractivity contribution in [2.45, 2.75) is 24.2 Å². The van der Waals surface area contributed by atoms with Crippen molar-refractivity contribution in [2.24, 2.45) is 5.10 Å². The number of halogens is 1. The molecule has 0 aliphatic carbocycles. The molecule has 0 saturated heterocycles. The molecule has 4 rings (SSSR count). The number of thioether (sulfide) groups is 1. The number of hydrazone groups is 1. The summed E-state index contributed by atoms with van der Waals surface area (Å²) in [5, 5.41) is 4.78. The van der Waals surface area contributed by atoms with E-state index in [0.717, 1.165) is 22.4 Å². The molecule has 0 radical (unpaired) electrons. The van der Waals surface area contributed by atoms with Crippen molar-refractivity contribution in [3.05, 3.63) is 124 Å². The summed E-state index contributed by atoms with van der Waals surface area (Å²) in [6.07, 6.45) is 1.58. The van der Waals surface area contributed by atoms with Crippen LogP contribution in [0.4, 0.5) is 0 Å². The van der Waals surface area contributed by atoms with Crippen LogP contribution in [0, 0.1) is 0 Å². The van der Waals surface area contributed by atoms with Crippen molar-refractivity contribution in [1.29, 1.82) is 0 Å². The molecule has 7 heteroatoms. The standard InChI is InChI=1S/C30H27ClN2O3S/c1-2-35-29-18-23(13-16-28(29)36-20-24-7-6-8-26(31)17-24)19-32-33-30(34)25-14-11-22(12-15-25)21-37-27-9-4-3-5-10-27/h3-19H,2,20-21H2,1H3,(H,33,34)/b32-19-. The second kappa shape index (κ2) is 13.5. The van der Waals surface area contributed by atoms with Gasteiger partial charge in [0.1, 0.15) is 6.61 Å². The van der Waals surface area contributed by atoms with Crippen molar-refractivity contribution in [3.8, 4) is 11.5 Å². The molecule has 0 aliphatic rings. The van der Waals surface area contributed by atoms with Crippen molar-refractivity contribution < 1.29 is 14.3 Å². The zero-order valence-electron chi connectivity index (χ0n) is 20.4. The summed E-state index contributed by atoms with van der Waals surface area (Å²) >= 11 is 7.81. The van der Waals surface area contributed by atoms with Crippen molar-refractivity contribution in [1.82, 2.24) is 5.43 Å². The van der Waals surface area contributed by atoms with Gasteiger partial charge >= 0.3 is 0 Å². The van der Waals surface area contributed by atoms with Gasteiger partial charge in [0.05, 0.1) is 12.8 Å². The van der Waals surface area contributed by atoms with Gasteiger partial charge in [0.25, 0.3) is 5.91 Å². The quantitative estimate of drug-likeness (QED) is 0.125. The maximum absolute atomic E-state index is 12.5. The van der Waals surface area contributed by atoms with E-state index in [-0.39, 0.29) is 5.91 Å². The molecule has 0 fully saturated rings. The lowest BCUT2D eigenvalue weighted by Crippen LogP contribution is -2.17. The lowest BCUT2D eigenvalue weighted by atomic mass is 10.1. The van der Waals surface area contributed by atoms with Gasteiger partial charge in [0, 0.05) is 21.2 Å². The van der Waals surface area contributed by atoms with Gasteiger partial charge in [-0.25, -0.2) is 5.43 Å². The number of hydrogen-bond donors (Lipinski definition) is 1. The summed E-state index contributed by atoms with van der Waals surface area (Å²) in [5.74, 6) is 1.78. The van der Waals surface area contributed by atoms with E-state index in [1.165, 1.54) is 4.90 Å². The highest BCUT2D eigenvalue weighted by molar-refractivity contribution is 7.98. The van der Waals surface area contributed by atoms with Crippen LogP contribution in [-0.2, 0) is 12.4 Å². The van der Waals surface area contributed by atoms with E-state index >= 15 is 0 Å². The van der Waals surface area contributed by atoms with Crippen LogP contribution in [0.1, 0.15) is 34.0 Å². The van der Waals surface area contributed by atoms with Gasteiger partial charge < -0.3 is 9.47 Å². The molecule has 0 bridgehead atoms. The monoisotopic (exact) mass is 530 g/mol. The lowest BCUT2D eigenvalue weighted by Gasteiger charge is -2.12. The van der Waals surface area contributed by atoms with E-state index < -0.39 is 0 Å². The Hall–Kier alpha value is -3.74. The van der Waals surface area contributed by atoms with Crippen LogP contribution in [-0.4, -0.2) is 18.7 Å². The Morgan fingerprint density at radius 1 is 0.892 bits per heavy atom. The molecule has 0 unspecified atom stereocenters. The van der Waals surface area contributed by atoms with Crippen LogP contribution in [0.25, 0.3) is 0 Å². The predicted molar refractivity (Wildman–Crippen MR) is 151 cm³/mol. The molecule has 5 nitrogen and oxygen atoms in total. The SMILES string of the molecule is CCOc1cc(/C=N\NC(=O)c2ccc(CSc3ccccc3)cc2)ccc1OCc1cccc(Cl)c1. The first-order chi connectivity index (χ1) is 18.1. The van der Waals surface area contributed by atoms with Gasteiger partial charge in [-0.15, -0.1) is 11.8 Å². The fraction of sp³-hybridized carbons (Fsp3) is 0.133. The zero-order chi connectivity index (χ0) is 25.9. The molecule has 4 aromatic carbocycles. The van der Waals surface area contributed by atoms with Gasteiger partial charge in [0.15, 0.2) is 11.5 Å². The Balaban J connectivity index is 1.32. The Morgan fingerprint density at radius 2 is 1.70 bits per heavy atom. The zero-order valence-corrected chi connectivity index (χ0v) is 22.0. The Morgan fingerprint density at radius 3 is 2.46 bits per heavy atom. The van der Waals surface area contributed by atoms with Crippen LogP contribution in [0.2, 0.25) is 5.02 Å². The summed E-state index contributed by atoms with van der Waals surface area (Å²) in [7, 11) is 0. The van der Waals surface area contributed by atoms with Gasteiger partial charge in [-0.2, -0.15) is 5.10 Å². The van der Waals surface area contributed by atoms with Crippen molar-refractivity contribution >= 4 is 35.5 Å². The number of nitrogens with one attached hydrogen (secondary N) is 1. The highest BCUT2D eigenvalue weighted by atomic mass is 35.5. The van der Waals surface area contributed by atoms with E-state index in [1.54, 1.807) is 18.0 Å². The number of hydrogen-bond acceptors (Lipinski definition) is 5. The van der Waals surface area contributed by atoms with Crippen LogP contribution < -0.4 is 14.9 Å². The van der Waals surface area contributed by atoms with Crippen LogP contribution in [0.5, 0.6) is 11.5 Å². The van der Waals surface area contributed by atoms with Gasteiger partial charge in [0.2, 0.25) is 0 Å². The fourth-order valence-corrected chi connectivity index (χ4v) is 4.53. The summed E-state index contributed by atoms with van der Waals surface area (Å²) in [5.41, 5.74) is 6.01. The fourth-order valence-electron chi connectivity index (χ4n) is 3.45. The van der Waals surface area contributed by atoms with Gasteiger partial charge in [-0.3, -0.25) is 4.79 Å². The molecule has 1 amide bonds. The molecule has 0 saturated carbocycles. The van der Waals surface area contributed by atoms with Crippen molar-refractivity contribution in [2.75, 3.05) is 6.61 Å². The summed E-state index contributed by atoms with van der Waals surface area (Å²) in [6.45, 7) is 2.77. The molecule has 0 aliphatic heterocycles. The molecule has 37 heavy (non-hydrogen) atoms. The minimum Gasteiger partial charge on any atom is -0.490 e. The maximum Gasteiger partial charge on any atom is 0.271 e. The minimum absolute atomic E-state index is 0.273. The van der Waals surface area contributed by atoms with Crippen LogP contribution in [0.3, 0.4) is 0 Å². The number of benzene rings is 4. The molecule has 0 atom stereocenters. The first kappa shape index (κ1) is 26.3. The second-order valence-electron chi connectivity index (χ2n) is 8.06.